The predicted octanol–water partition coefficient (Wildman–Crippen LogP) is 3.38. The molecule has 1 aliphatic heterocycles. The van der Waals surface area contributed by atoms with Crippen LogP contribution in [0.2, 0.25) is 0 Å². The number of thioether (sulfide) groups is 1. The first-order valence-electron chi connectivity index (χ1n) is 7.38. The van der Waals surface area contributed by atoms with Crippen LogP contribution in [0.5, 0.6) is 0 Å². The summed E-state index contributed by atoms with van der Waals surface area (Å²) in [4.78, 5) is 8.88. The topological polar surface area (TPSA) is 19.4 Å². The van der Waals surface area contributed by atoms with Crippen molar-refractivity contribution in [3.8, 4) is 0 Å². The molecule has 0 N–H and O–H groups in total. The van der Waals surface area contributed by atoms with Crippen molar-refractivity contribution in [3.63, 3.8) is 0 Å². The molecule has 0 unspecified atom stereocenters. The lowest BCUT2D eigenvalue weighted by molar-refractivity contribution is 0.209. The maximum absolute atomic E-state index is 5.50. The average Bonchev–Trinajstić information content (AvgIpc) is 2.57. The molecule has 1 saturated heterocycles. The van der Waals surface area contributed by atoms with Gasteiger partial charge in [-0.2, -0.15) is 0 Å². The highest BCUT2D eigenvalue weighted by Crippen LogP contribution is 2.21. The minimum Gasteiger partial charge on any atom is -0.340 e. The minimum atomic E-state index is 0.835. The van der Waals surface area contributed by atoms with Gasteiger partial charge in [0.2, 0.25) is 0 Å². The van der Waals surface area contributed by atoms with Gasteiger partial charge in [0, 0.05) is 25.5 Å². The fourth-order valence-electron chi connectivity index (χ4n) is 2.47. The van der Waals surface area contributed by atoms with E-state index in [4.69, 9.17) is 12.2 Å². The second kappa shape index (κ2) is 7.72. The van der Waals surface area contributed by atoms with Gasteiger partial charge in [-0.15, -0.1) is 0 Å². The van der Waals surface area contributed by atoms with Crippen molar-refractivity contribution in [2.75, 3.05) is 19.1 Å². The smallest absolute Gasteiger partial charge is 0.138 e. The Bertz CT molecular complexity index is 604. The number of benzene rings is 1. The van der Waals surface area contributed by atoms with E-state index in [0.29, 0.717) is 0 Å². The molecule has 2 aromatic rings. The van der Waals surface area contributed by atoms with Crippen LogP contribution < -0.4 is 0 Å². The van der Waals surface area contributed by atoms with E-state index in [0.717, 1.165) is 36.4 Å². The largest absolute Gasteiger partial charge is 0.340 e. The molecule has 1 aliphatic rings. The Hall–Kier alpha value is -1.43. The molecule has 0 bridgehead atoms. The molecule has 5 heteroatoms. The van der Waals surface area contributed by atoms with Crippen molar-refractivity contribution in [1.82, 2.24) is 14.8 Å². The fourth-order valence-corrected chi connectivity index (χ4v) is 3.56. The summed E-state index contributed by atoms with van der Waals surface area (Å²) in [7, 11) is 0. The van der Waals surface area contributed by atoms with Crippen LogP contribution in [-0.2, 0) is 13.0 Å². The molecule has 1 aromatic carbocycles. The van der Waals surface area contributed by atoms with Crippen LogP contribution in [0.25, 0.3) is 0 Å². The molecule has 2 heterocycles. The zero-order valence-electron chi connectivity index (χ0n) is 12.4. The molecule has 22 heavy (non-hydrogen) atoms. The third-order valence-electron chi connectivity index (χ3n) is 3.66. The number of rotatable bonds is 5. The Labute approximate surface area is 141 Å². The van der Waals surface area contributed by atoms with Crippen LogP contribution in [0.15, 0.2) is 54.9 Å². The summed E-state index contributed by atoms with van der Waals surface area (Å²) in [6.45, 7) is 2.79. The molecule has 1 aromatic heterocycles. The van der Waals surface area contributed by atoms with Gasteiger partial charge in [-0.05, 0) is 23.6 Å². The van der Waals surface area contributed by atoms with E-state index in [1.165, 1.54) is 11.1 Å². The van der Waals surface area contributed by atoms with Gasteiger partial charge >= 0.3 is 0 Å². The van der Waals surface area contributed by atoms with E-state index >= 15 is 0 Å². The highest BCUT2D eigenvalue weighted by molar-refractivity contribution is 8.22. The molecule has 0 radical (unpaired) electrons. The van der Waals surface area contributed by atoms with Gasteiger partial charge in [-0.25, -0.2) is 0 Å². The quantitative estimate of drug-likeness (QED) is 0.781. The Morgan fingerprint density at radius 2 is 1.91 bits per heavy atom. The van der Waals surface area contributed by atoms with Gasteiger partial charge in [0.25, 0.3) is 0 Å². The summed E-state index contributed by atoms with van der Waals surface area (Å²) in [5.41, 5.74) is 2.59. The van der Waals surface area contributed by atoms with Crippen LogP contribution in [0, 0.1) is 0 Å². The Balaban J connectivity index is 1.55. The standard InChI is InChI=1S/C17H19N3S2/c21-17-20(12-16-7-4-9-18-11-16)13-19(14-22-17)10-8-15-5-2-1-3-6-15/h1-7,9,11H,8,10,12-14H2. The van der Waals surface area contributed by atoms with Crippen molar-refractivity contribution in [3.05, 3.63) is 66.0 Å². The summed E-state index contributed by atoms with van der Waals surface area (Å²) in [6.07, 6.45) is 4.80. The number of thiocarbonyl (C=S) groups is 1. The van der Waals surface area contributed by atoms with Gasteiger partial charge in [0.1, 0.15) is 4.32 Å². The maximum Gasteiger partial charge on any atom is 0.138 e. The second-order valence-corrected chi connectivity index (χ2v) is 6.95. The highest BCUT2D eigenvalue weighted by atomic mass is 32.2. The summed E-state index contributed by atoms with van der Waals surface area (Å²) in [6, 6.07) is 14.7. The first-order valence-corrected chi connectivity index (χ1v) is 8.77. The summed E-state index contributed by atoms with van der Waals surface area (Å²) in [5, 5.41) is 0. The minimum absolute atomic E-state index is 0.835. The van der Waals surface area contributed by atoms with E-state index in [-0.39, 0.29) is 0 Å². The lowest BCUT2D eigenvalue weighted by Crippen LogP contribution is -2.44. The molecule has 3 nitrogen and oxygen atoms in total. The molecule has 0 spiro atoms. The van der Waals surface area contributed by atoms with Crippen molar-refractivity contribution in [2.24, 2.45) is 0 Å². The zero-order chi connectivity index (χ0) is 15.2. The zero-order valence-corrected chi connectivity index (χ0v) is 14.0. The van der Waals surface area contributed by atoms with Crippen molar-refractivity contribution >= 4 is 28.3 Å². The van der Waals surface area contributed by atoms with Crippen LogP contribution >= 0.6 is 24.0 Å². The number of hydrogen-bond acceptors (Lipinski definition) is 4. The van der Waals surface area contributed by atoms with E-state index in [1.807, 2.05) is 12.3 Å². The Morgan fingerprint density at radius 3 is 2.68 bits per heavy atom. The molecular formula is C17H19N3S2. The second-order valence-electron chi connectivity index (χ2n) is 5.37. The molecule has 0 atom stereocenters. The van der Waals surface area contributed by atoms with Gasteiger partial charge in [-0.1, -0.05) is 60.4 Å². The van der Waals surface area contributed by atoms with Crippen LogP contribution in [0.4, 0.5) is 0 Å². The van der Waals surface area contributed by atoms with E-state index in [9.17, 15) is 0 Å². The van der Waals surface area contributed by atoms with Crippen molar-refractivity contribution < 1.29 is 0 Å². The molecular weight excluding hydrogens is 310 g/mol. The normalized spacial score (nSPS) is 16.0. The number of hydrogen-bond donors (Lipinski definition) is 0. The average molecular weight is 329 g/mol. The van der Waals surface area contributed by atoms with Gasteiger partial charge in [0.05, 0.1) is 12.5 Å². The molecule has 0 amide bonds. The molecule has 1 fully saturated rings. The first kappa shape index (κ1) is 15.5. The third-order valence-corrected chi connectivity index (χ3v) is 5.27. The van der Waals surface area contributed by atoms with Gasteiger partial charge in [-0.3, -0.25) is 9.88 Å². The third kappa shape index (κ3) is 4.29. The first-order chi connectivity index (χ1) is 10.8. The van der Waals surface area contributed by atoms with Crippen LogP contribution in [0.3, 0.4) is 0 Å². The SMILES string of the molecule is S=C1SCN(CCc2ccccc2)CN1Cc1cccnc1. The van der Waals surface area contributed by atoms with Crippen molar-refractivity contribution in [2.45, 2.75) is 13.0 Å². The van der Waals surface area contributed by atoms with E-state index in [1.54, 1.807) is 18.0 Å². The molecule has 114 valence electrons. The predicted molar refractivity (Wildman–Crippen MR) is 96.6 cm³/mol. The summed E-state index contributed by atoms with van der Waals surface area (Å²) in [5.74, 6) is 0.981. The van der Waals surface area contributed by atoms with Crippen LogP contribution in [-0.4, -0.2) is 38.2 Å². The monoisotopic (exact) mass is 329 g/mol. The molecule has 0 saturated carbocycles. The summed E-state index contributed by atoms with van der Waals surface area (Å²) < 4.78 is 0.986. The Kier molecular flexibility index (Phi) is 5.43. The van der Waals surface area contributed by atoms with Crippen LogP contribution in [0.1, 0.15) is 11.1 Å². The maximum atomic E-state index is 5.50. The van der Waals surface area contributed by atoms with Gasteiger partial charge < -0.3 is 4.90 Å². The fraction of sp³-hybridized carbons (Fsp3) is 0.294. The Morgan fingerprint density at radius 1 is 1.09 bits per heavy atom. The molecule has 3 rings (SSSR count). The number of pyridine rings is 1. The van der Waals surface area contributed by atoms with Crippen molar-refractivity contribution in [1.29, 1.82) is 0 Å². The lowest BCUT2D eigenvalue weighted by atomic mass is 10.1. The molecule has 0 aliphatic carbocycles. The van der Waals surface area contributed by atoms with E-state index in [2.05, 4.69) is 51.2 Å². The van der Waals surface area contributed by atoms with Gasteiger partial charge in [0.15, 0.2) is 0 Å². The van der Waals surface area contributed by atoms with E-state index < -0.39 is 0 Å². The number of aromatic nitrogens is 1. The lowest BCUT2D eigenvalue weighted by Gasteiger charge is -2.36. The highest BCUT2D eigenvalue weighted by Gasteiger charge is 2.21. The number of nitrogens with zero attached hydrogens (tertiary/aromatic N) is 3. The summed E-state index contributed by atoms with van der Waals surface area (Å²) >= 11 is 7.25.